The number of nitrogens with two attached hydrogens (primary N) is 1. The first-order valence-corrected chi connectivity index (χ1v) is 3.80. The molecule has 0 atom stereocenters. The number of fused-ring (bicyclic) bond motifs is 1. The molecule has 0 spiro atoms. The normalized spacial score (nSPS) is 10.8. The lowest BCUT2D eigenvalue weighted by molar-refractivity contribution is 0.974. The fourth-order valence-corrected chi connectivity index (χ4v) is 1.13. The second-order valence-corrected chi connectivity index (χ2v) is 2.74. The van der Waals surface area contributed by atoms with Crippen molar-refractivity contribution in [3.8, 4) is 0 Å². The van der Waals surface area contributed by atoms with Crippen LogP contribution in [0.2, 0.25) is 0 Å². The maximum Gasteiger partial charge on any atom is 0.233 e. The van der Waals surface area contributed by atoms with Gasteiger partial charge in [-0.05, 0) is 6.92 Å². The van der Waals surface area contributed by atoms with Gasteiger partial charge in [0.1, 0.15) is 0 Å². The van der Waals surface area contributed by atoms with Crippen LogP contribution in [-0.2, 0) is 6.54 Å². The monoisotopic (exact) mass is 162 g/mol. The predicted molar refractivity (Wildman–Crippen MR) is 45.6 cm³/mol. The van der Waals surface area contributed by atoms with Crippen molar-refractivity contribution in [3.05, 3.63) is 29.8 Å². The molecule has 0 saturated heterocycles. The first-order valence-electron chi connectivity index (χ1n) is 3.80. The molecule has 4 heteroatoms. The Labute approximate surface area is 70.1 Å². The summed E-state index contributed by atoms with van der Waals surface area (Å²) in [5.74, 6) is 0.727. The summed E-state index contributed by atoms with van der Waals surface area (Å²) in [7, 11) is 0. The fraction of sp³-hybridized carbons (Fsp3) is 0.250. The lowest BCUT2D eigenvalue weighted by Gasteiger charge is -1.98. The molecule has 2 aromatic heterocycles. The second kappa shape index (κ2) is 2.57. The van der Waals surface area contributed by atoms with Crippen molar-refractivity contribution in [2.45, 2.75) is 13.5 Å². The fourth-order valence-electron chi connectivity index (χ4n) is 1.13. The van der Waals surface area contributed by atoms with E-state index in [0.717, 1.165) is 17.0 Å². The van der Waals surface area contributed by atoms with Crippen LogP contribution in [0.1, 0.15) is 11.3 Å². The lowest BCUT2D eigenvalue weighted by Crippen LogP contribution is -2.00. The lowest BCUT2D eigenvalue weighted by atomic mass is 10.3. The highest BCUT2D eigenvalue weighted by molar-refractivity contribution is 5.31. The maximum absolute atomic E-state index is 5.49. The summed E-state index contributed by atoms with van der Waals surface area (Å²) >= 11 is 0. The zero-order valence-corrected chi connectivity index (χ0v) is 6.86. The highest BCUT2D eigenvalue weighted by atomic mass is 15.1. The SMILES string of the molecule is Cc1cnc2ncc(CN)cn12. The average molecular weight is 162 g/mol. The van der Waals surface area contributed by atoms with Crippen LogP contribution in [0, 0.1) is 6.92 Å². The molecular formula is C8H10N4. The number of aryl methyl sites for hydroxylation is 1. The summed E-state index contributed by atoms with van der Waals surface area (Å²) in [4.78, 5) is 8.25. The van der Waals surface area contributed by atoms with Crippen LogP contribution in [0.15, 0.2) is 18.6 Å². The third kappa shape index (κ3) is 0.967. The van der Waals surface area contributed by atoms with Crippen LogP contribution in [0.5, 0.6) is 0 Å². The molecule has 0 bridgehead atoms. The number of hydrogen-bond donors (Lipinski definition) is 1. The van der Waals surface area contributed by atoms with Gasteiger partial charge >= 0.3 is 0 Å². The molecule has 2 heterocycles. The molecular weight excluding hydrogens is 152 g/mol. The van der Waals surface area contributed by atoms with E-state index < -0.39 is 0 Å². The summed E-state index contributed by atoms with van der Waals surface area (Å²) in [5, 5.41) is 0. The van der Waals surface area contributed by atoms with Crippen molar-refractivity contribution < 1.29 is 0 Å². The summed E-state index contributed by atoms with van der Waals surface area (Å²) < 4.78 is 1.93. The van der Waals surface area contributed by atoms with E-state index in [0.29, 0.717) is 6.54 Å². The van der Waals surface area contributed by atoms with Crippen LogP contribution in [0.3, 0.4) is 0 Å². The average Bonchev–Trinajstić information content (AvgIpc) is 2.47. The van der Waals surface area contributed by atoms with Gasteiger partial charge < -0.3 is 5.73 Å². The van der Waals surface area contributed by atoms with Gasteiger partial charge in [0, 0.05) is 30.2 Å². The first-order chi connectivity index (χ1) is 5.81. The smallest absolute Gasteiger partial charge is 0.233 e. The van der Waals surface area contributed by atoms with Crippen molar-refractivity contribution in [2.24, 2.45) is 5.73 Å². The highest BCUT2D eigenvalue weighted by Crippen LogP contribution is 2.04. The number of rotatable bonds is 1. The van der Waals surface area contributed by atoms with E-state index in [1.54, 1.807) is 12.4 Å². The summed E-state index contributed by atoms with van der Waals surface area (Å²) in [6, 6.07) is 0. The summed E-state index contributed by atoms with van der Waals surface area (Å²) in [6.45, 7) is 2.50. The van der Waals surface area contributed by atoms with Gasteiger partial charge in [0.2, 0.25) is 5.78 Å². The molecule has 0 radical (unpaired) electrons. The second-order valence-electron chi connectivity index (χ2n) is 2.74. The van der Waals surface area contributed by atoms with Crippen molar-refractivity contribution in [3.63, 3.8) is 0 Å². The Hall–Kier alpha value is -1.42. The minimum atomic E-state index is 0.514. The Balaban J connectivity index is 2.71. The molecule has 0 unspecified atom stereocenters. The standard InChI is InChI=1S/C8H10N4/c1-6-3-10-8-11-4-7(2-9)5-12(6)8/h3-5H,2,9H2,1H3. The molecule has 0 aliphatic carbocycles. The highest BCUT2D eigenvalue weighted by Gasteiger charge is 1.99. The largest absolute Gasteiger partial charge is 0.326 e. The quantitative estimate of drug-likeness (QED) is 0.664. The minimum absolute atomic E-state index is 0.514. The Morgan fingerprint density at radius 1 is 1.42 bits per heavy atom. The van der Waals surface area contributed by atoms with E-state index in [2.05, 4.69) is 9.97 Å². The van der Waals surface area contributed by atoms with Crippen molar-refractivity contribution in [2.75, 3.05) is 0 Å². The van der Waals surface area contributed by atoms with Gasteiger partial charge in [0.05, 0.1) is 6.20 Å². The third-order valence-corrected chi connectivity index (χ3v) is 1.84. The van der Waals surface area contributed by atoms with Gasteiger partial charge in [0.25, 0.3) is 0 Å². The zero-order valence-electron chi connectivity index (χ0n) is 6.86. The van der Waals surface area contributed by atoms with Crippen molar-refractivity contribution in [1.82, 2.24) is 14.4 Å². The Kier molecular flexibility index (Phi) is 1.55. The molecule has 2 N–H and O–H groups in total. The molecule has 0 aliphatic heterocycles. The van der Waals surface area contributed by atoms with Crippen molar-refractivity contribution >= 4 is 5.78 Å². The van der Waals surface area contributed by atoms with Gasteiger partial charge in [0.15, 0.2) is 0 Å². The van der Waals surface area contributed by atoms with E-state index in [4.69, 9.17) is 5.73 Å². The number of aromatic nitrogens is 3. The molecule has 0 aromatic carbocycles. The predicted octanol–water partition coefficient (Wildman–Crippen LogP) is 0.496. The van der Waals surface area contributed by atoms with Crippen molar-refractivity contribution in [1.29, 1.82) is 0 Å². The molecule has 0 fully saturated rings. The van der Waals surface area contributed by atoms with Gasteiger partial charge in [-0.25, -0.2) is 9.97 Å². The van der Waals surface area contributed by atoms with E-state index in [-0.39, 0.29) is 0 Å². The van der Waals surface area contributed by atoms with Crippen LogP contribution in [0.4, 0.5) is 0 Å². The molecule has 2 rings (SSSR count). The van der Waals surface area contributed by atoms with E-state index >= 15 is 0 Å². The minimum Gasteiger partial charge on any atom is -0.326 e. The Morgan fingerprint density at radius 2 is 2.17 bits per heavy atom. The number of imidazole rings is 1. The van der Waals surface area contributed by atoms with Gasteiger partial charge in [-0.3, -0.25) is 4.40 Å². The number of hydrogen-bond acceptors (Lipinski definition) is 3. The summed E-state index contributed by atoms with van der Waals surface area (Å²) in [6.07, 6.45) is 5.51. The third-order valence-electron chi connectivity index (χ3n) is 1.84. The molecule has 0 aliphatic rings. The topological polar surface area (TPSA) is 56.2 Å². The van der Waals surface area contributed by atoms with Crippen LogP contribution in [0.25, 0.3) is 5.78 Å². The Morgan fingerprint density at radius 3 is 2.92 bits per heavy atom. The Bertz CT molecular complexity index is 404. The van der Waals surface area contributed by atoms with Crippen LogP contribution >= 0.6 is 0 Å². The number of nitrogens with zero attached hydrogens (tertiary/aromatic N) is 3. The van der Waals surface area contributed by atoms with Crippen LogP contribution in [-0.4, -0.2) is 14.4 Å². The van der Waals surface area contributed by atoms with E-state index in [1.165, 1.54) is 0 Å². The molecule has 12 heavy (non-hydrogen) atoms. The van der Waals surface area contributed by atoms with E-state index in [1.807, 2.05) is 17.5 Å². The first kappa shape index (κ1) is 7.24. The molecule has 4 nitrogen and oxygen atoms in total. The maximum atomic E-state index is 5.49. The molecule has 0 saturated carbocycles. The van der Waals surface area contributed by atoms with Crippen LogP contribution < -0.4 is 5.73 Å². The van der Waals surface area contributed by atoms with E-state index in [9.17, 15) is 0 Å². The molecule has 62 valence electrons. The zero-order chi connectivity index (χ0) is 8.55. The summed E-state index contributed by atoms with van der Waals surface area (Å²) in [5.41, 5.74) is 7.58. The molecule has 2 aromatic rings. The van der Waals surface area contributed by atoms with Gasteiger partial charge in [-0.1, -0.05) is 0 Å². The molecule has 0 amide bonds. The van der Waals surface area contributed by atoms with Gasteiger partial charge in [-0.15, -0.1) is 0 Å². The van der Waals surface area contributed by atoms with Gasteiger partial charge in [-0.2, -0.15) is 0 Å².